The van der Waals surface area contributed by atoms with Crippen molar-refractivity contribution < 1.29 is 8.42 Å². The van der Waals surface area contributed by atoms with E-state index < -0.39 is 10.0 Å². The van der Waals surface area contributed by atoms with Crippen LogP contribution in [0.1, 0.15) is 12.5 Å². The number of tetrazole rings is 1. The second kappa shape index (κ2) is 6.57. The number of sulfonamides is 1. The van der Waals surface area contributed by atoms with E-state index in [0.717, 1.165) is 5.56 Å². The number of nitrogens with one attached hydrogen (secondary N) is 1. The first-order valence-electron chi connectivity index (χ1n) is 6.91. The Morgan fingerprint density at radius 1 is 1.35 bits per heavy atom. The third-order valence-corrected chi connectivity index (χ3v) is 5.54. The van der Waals surface area contributed by atoms with Crippen LogP contribution in [0.5, 0.6) is 0 Å². The lowest BCUT2D eigenvalue weighted by Crippen LogP contribution is -2.34. The van der Waals surface area contributed by atoms with E-state index in [9.17, 15) is 8.42 Å². The molecule has 0 aliphatic carbocycles. The average Bonchev–Trinajstić information content (AvgIpc) is 3.20. The molecular weight excluding hydrogens is 334 g/mol. The Balaban J connectivity index is 1.78. The van der Waals surface area contributed by atoms with Crippen LogP contribution < -0.4 is 4.72 Å². The molecule has 9 heteroatoms. The van der Waals surface area contributed by atoms with E-state index in [1.807, 2.05) is 23.8 Å². The molecule has 0 fully saturated rings. The van der Waals surface area contributed by atoms with E-state index >= 15 is 0 Å². The molecule has 3 aromatic rings. The van der Waals surface area contributed by atoms with Crippen molar-refractivity contribution in [2.24, 2.45) is 0 Å². The number of nitrogens with zero attached hydrogens (tertiary/aromatic N) is 4. The quantitative estimate of drug-likeness (QED) is 0.730. The molecule has 2 aromatic heterocycles. The largest absolute Gasteiger partial charge is 0.240 e. The summed E-state index contributed by atoms with van der Waals surface area (Å²) in [6.45, 7) is 1.85. The van der Waals surface area contributed by atoms with E-state index in [2.05, 4.69) is 20.2 Å². The van der Waals surface area contributed by atoms with Gasteiger partial charge in [-0.1, -0.05) is 6.07 Å². The molecule has 0 radical (unpaired) electrons. The summed E-state index contributed by atoms with van der Waals surface area (Å²) in [5.74, 6) is 0. The molecule has 23 heavy (non-hydrogen) atoms. The van der Waals surface area contributed by atoms with Gasteiger partial charge in [0.2, 0.25) is 10.0 Å². The minimum Gasteiger partial charge on any atom is -0.208 e. The van der Waals surface area contributed by atoms with Crippen molar-refractivity contribution in [2.45, 2.75) is 24.3 Å². The number of thiophene rings is 1. The zero-order valence-corrected chi connectivity index (χ0v) is 14.0. The maximum atomic E-state index is 12.5. The monoisotopic (exact) mass is 349 g/mol. The molecule has 0 saturated carbocycles. The van der Waals surface area contributed by atoms with Crippen molar-refractivity contribution in [3.8, 4) is 5.69 Å². The predicted molar refractivity (Wildman–Crippen MR) is 87.0 cm³/mol. The molecule has 1 N–H and O–H groups in total. The summed E-state index contributed by atoms with van der Waals surface area (Å²) in [6.07, 6.45) is 2.06. The van der Waals surface area contributed by atoms with Gasteiger partial charge in [0.25, 0.3) is 0 Å². The van der Waals surface area contributed by atoms with Gasteiger partial charge in [0.15, 0.2) is 0 Å². The maximum absolute atomic E-state index is 12.5. The SMILES string of the molecule is C[C@@H](Cc1ccsc1)NS(=O)(=O)c1cccc(-n2cnnn2)c1. The van der Waals surface area contributed by atoms with Crippen molar-refractivity contribution in [3.63, 3.8) is 0 Å². The minimum atomic E-state index is -3.60. The van der Waals surface area contributed by atoms with Gasteiger partial charge in [-0.3, -0.25) is 0 Å². The summed E-state index contributed by atoms with van der Waals surface area (Å²) >= 11 is 1.60. The summed E-state index contributed by atoms with van der Waals surface area (Å²) in [7, 11) is -3.60. The number of benzene rings is 1. The van der Waals surface area contributed by atoms with E-state index in [4.69, 9.17) is 0 Å². The van der Waals surface area contributed by atoms with E-state index in [1.54, 1.807) is 29.5 Å². The van der Waals surface area contributed by atoms with Gasteiger partial charge in [-0.25, -0.2) is 17.8 Å². The lowest BCUT2D eigenvalue weighted by molar-refractivity contribution is 0.560. The van der Waals surface area contributed by atoms with Crippen molar-refractivity contribution in [3.05, 3.63) is 53.0 Å². The van der Waals surface area contributed by atoms with Crippen LogP contribution in [-0.2, 0) is 16.4 Å². The standard InChI is InChI=1S/C14H15N5O2S2/c1-11(7-12-5-6-22-9-12)16-23(20,21)14-4-2-3-13(8-14)19-10-15-17-18-19/h2-6,8-11,16H,7H2,1H3/t11-/m0/s1. The Morgan fingerprint density at radius 2 is 2.22 bits per heavy atom. The van der Waals surface area contributed by atoms with Gasteiger partial charge >= 0.3 is 0 Å². The van der Waals surface area contributed by atoms with Crippen LogP contribution in [0.25, 0.3) is 5.69 Å². The van der Waals surface area contributed by atoms with E-state index in [1.165, 1.54) is 17.1 Å². The van der Waals surface area contributed by atoms with Crippen LogP contribution in [-0.4, -0.2) is 34.7 Å². The van der Waals surface area contributed by atoms with Gasteiger partial charge < -0.3 is 0 Å². The fourth-order valence-electron chi connectivity index (χ4n) is 2.21. The van der Waals surface area contributed by atoms with Crippen LogP contribution in [0.4, 0.5) is 0 Å². The van der Waals surface area contributed by atoms with Gasteiger partial charge in [-0.05, 0) is 64.4 Å². The number of hydrogen-bond donors (Lipinski definition) is 1. The first kappa shape index (κ1) is 15.8. The lowest BCUT2D eigenvalue weighted by atomic mass is 10.1. The molecule has 0 saturated heterocycles. The highest BCUT2D eigenvalue weighted by Crippen LogP contribution is 2.15. The molecule has 0 aliphatic rings. The molecule has 3 rings (SSSR count). The van der Waals surface area contributed by atoms with Gasteiger partial charge in [0.05, 0.1) is 10.6 Å². The molecule has 1 atom stereocenters. The molecule has 0 spiro atoms. The normalized spacial score (nSPS) is 13.1. The first-order valence-corrected chi connectivity index (χ1v) is 9.34. The second-order valence-electron chi connectivity index (χ2n) is 5.11. The summed E-state index contributed by atoms with van der Waals surface area (Å²) < 4.78 is 29.2. The molecule has 0 aliphatic heterocycles. The zero-order valence-electron chi connectivity index (χ0n) is 12.3. The Kier molecular flexibility index (Phi) is 4.51. The van der Waals surface area contributed by atoms with Crippen molar-refractivity contribution in [1.29, 1.82) is 0 Å². The third-order valence-electron chi connectivity index (χ3n) is 3.22. The number of aromatic nitrogens is 4. The fourth-order valence-corrected chi connectivity index (χ4v) is 4.17. The van der Waals surface area contributed by atoms with Crippen LogP contribution in [0, 0.1) is 0 Å². The number of rotatable bonds is 6. The van der Waals surface area contributed by atoms with Gasteiger partial charge in [-0.15, -0.1) is 5.10 Å². The molecule has 2 heterocycles. The molecule has 120 valence electrons. The van der Waals surface area contributed by atoms with E-state index in [-0.39, 0.29) is 10.9 Å². The molecule has 1 aromatic carbocycles. The lowest BCUT2D eigenvalue weighted by Gasteiger charge is -2.14. The summed E-state index contributed by atoms with van der Waals surface area (Å²) in [5.41, 5.74) is 1.70. The summed E-state index contributed by atoms with van der Waals surface area (Å²) in [6, 6.07) is 8.28. The summed E-state index contributed by atoms with van der Waals surface area (Å²) in [5, 5.41) is 14.9. The third kappa shape index (κ3) is 3.81. The van der Waals surface area contributed by atoms with Crippen molar-refractivity contribution in [1.82, 2.24) is 24.9 Å². The van der Waals surface area contributed by atoms with E-state index in [0.29, 0.717) is 12.1 Å². The van der Waals surface area contributed by atoms with Crippen molar-refractivity contribution >= 4 is 21.4 Å². The second-order valence-corrected chi connectivity index (χ2v) is 7.60. The Bertz CT molecular complexity index is 860. The fraction of sp³-hybridized carbons (Fsp3) is 0.214. The molecular formula is C14H15N5O2S2. The predicted octanol–water partition coefficient (Wildman–Crippen LogP) is 1.63. The minimum absolute atomic E-state index is 0.183. The maximum Gasteiger partial charge on any atom is 0.240 e. The van der Waals surface area contributed by atoms with Gasteiger partial charge in [0.1, 0.15) is 6.33 Å². The van der Waals surface area contributed by atoms with Gasteiger partial charge in [-0.2, -0.15) is 11.3 Å². The Hall–Kier alpha value is -2.10. The first-order chi connectivity index (χ1) is 11.0. The van der Waals surface area contributed by atoms with Crippen molar-refractivity contribution in [2.75, 3.05) is 0 Å². The zero-order chi connectivity index (χ0) is 16.3. The molecule has 0 unspecified atom stereocenters. The van der Waals surface area contributed by atoms with Gasteiger partial charge in [0, 0.05) is 6.04 Å². The molecule has 0 amide bonds. The topological polar surface area (TPSA) is 89.8 Å². The highest BCUT2D eigenvalue weighted by molar-refractivity contribution is 7.89. The molecule has 0 bridgehead atoms. The highest BCUT2D eigenvalue weighted by Gasteiger charge is 2.18. The highest BCUT2D eigenvalue weighted by atomic mass is 32.2. The van der Waals surface area contributed by atoms with Crippen LogP contribution in [0.2, 0.25) is 0 Å². The van der Waals surface area contributed by atoms with Crippen LogP contribution >= 0.6 is 11.3 Å². The molecule has 7 nitrogen and oxygen atoms in total. The van der Waals surface area contributed by atoms with Crippen LogP contribution in [0.15, 0.2) is 52.3 Å². The van der Waals surface area contributed by atoms with Crippen LogP contribution in [0.3, 0.4) is 0 Å². The smallest absolute Gasteiger partial charge is 0.208 e. The Morgan fingerprint density at radius 3 is 2.91 bits per heavy atom. The average molecular weight is 349 g/mol. The Labute approximate surface area is 138 Å². The summed E-state index contributed by atoms with van der Waals surface area (Å²) in [4.78, 5) is 0.183. The number of hydrogen-bond acceptors (Lipinski definition) is 6.